The van der Waals surface area contributed by atoms with Gasteiger partial charge in [-0.25, -0.2) is 0 Å². The van der Waals surface area contributed by atoms with Crippen LogP contribution in [0.25, 0.3) is 0 Å². The zero-order valence-corrected chi connectivity index (χ0v) is 6.35. The first-order valence-electron chi connectivity index (χ1n) is 3.30. The lowest BCUT2D eigenvalue weighted by Crippen LogP contribution is -2.25. The molecule has 0 radical (unpaired) electrons. The van der Waals surface area contributed by atoms with E-state index in [0.29, 0.717) is 12.1 Å². The predicted octanol–water partition coefficient (Wildman–Crippen LogP) is 0.0611. The lowest BCUT2D eigenvalue weighted by atomic mass is 10.2. The molecule has 0 heterocycles. The van der Waals surface area contributed by atoms with E-state index in [1.165, 1.54) is 0 Å². The van der Waals surface area contributed by atoms with Gasteiger partial charge in [0.05, 0.1) is 6.61 Å². The van der Waals surface area contributed by atoms with Crippen molar-refractivity contribution in [2.24, 2.45) is 0 Å². The monoisotopic (exact) mass is 143 g/mol. The molecular formula is C7H13NO2. The van der Waals surface area contributed by atoms with Crippen LogP contribution in [0.3, 0.4) is 0 Å². The maximum atomic E-state index is 10.9. The van der Waals surface area contributed by atoms with Gasteiger partial charge in [-0.1, -0.05) is 6.08 Å². The second kappa shape index (κ2) is 4.99. The van der Waals surface area contributed by atoms with E-state index in [9.17, 15) is 4.79 Å². The Morgan fingerprint density at radius 1 is 1.70 bits per heavy atom. The Morgan fingerprint density at radius 3 is 2.60 bits per heavy atom. The third kappa shape index (κ3) is 2.64. The summed E-state index contributed by atoms with van der Waals surface area (Å²) in [6, 6.07) is 0. The number of aliphatic hydroxyl groups excluding tert-OH is 1. The minimum atomic E-state index is -0.192. The van der Waals surface area contributed by atoms with Crippen molar-refractivity contribution in [1.82, 2.24) is 5.32 Å². The van der Waals surface area contributed by atoms with E-state index < -0.39 is 0 Å². The molecule has 0 aliphatic rings. The number of hydrogen-bond acceptors (Lipinski definition) is 2. The zero-order chi connectivity index (χ0) is 7.98. The maximum absolute atomic E-state index is 10.9. The van der Waals surface area contributed by atoms with Crippen LogP contribution in [-0.4, -0.2) is 24.2 Å². The molecule has 3 heteroatoms. The highest BCUT2D eigenvalue weighted by molar-refractivity contribution is 5.93. The van der Waals surface area contributed by atoms with Gasteiger partial charge in [0.2, 0.25) is 5.91 Å². The average Bonchev–Trinajstić information content (AvgIpc) is 1.91. The van der Waals surface area contributed by atoms with Crippen LogP contribution in [0, 0.1) is 0 Å². The van der Waals surface area contributed by atoms with E-state index in [1.54, 1.807) is 13.0 Å². The normalized spacial score (nSPS) is 11.3. The highest BCUT2D eigenvalue weighted by Crippen LogP contribution is 1.90. The van der Waals surface area contributed by atoms with Gasteiger partial charge >= 0.3 is 0 Å². The predicted molar refractivity (Wildman–Crippen MR) is 39.5 cm³/mol. The van der Waals surface area contributed by atoms with Crippen LogP contribution in [0.2, 0.25) is 0 Å². The summed E-state index contributed by atoms with van der Waals surface area (Å²) >= 11 is 0. The maximum Gasteiger partial charge on any atom is 0.249 e. The van der Waals surface area contributed by atoms with Crippen LogP contribution >= 0.6 is 0 Å². The number of carbonyl (C=O) groups excluding carboxylic acids is 1. The fourth-order valence-corrected chi connectivity index (χ4v) is 0.568. The SMILES string of the molecule is CC=C(CO)C(=O)NCC. The first kappa shape index (κ1) is 9.17. The Hall–Kier alpha value is -0.830. The van der Waals surface area contributed by atoms with Gasteiger partial charge in [0, 0.05) is 12.1 Å². The van der Waals surface area contributed by atoms with Crippen molar-refractivity contribution in [2.45, 2.75) is 13.8 Å². The Kier molecular flexibility index (Phi) is 4.58. The van der Waals surface area contributed by atoms with Crippen molar-refractivity contribution in [3.05, 3.63) is 11.6 Å². The first-order chi connectivity index (χ1) is 4.76. The molecule has 3 nitrogen and oxygen atoms in total. The number of likely N-dealkylation sites (N-methyl/N-ethyl adjacent to an activating group) is 1. The molecule has 0 spiro atoms. The quantitative estimate of drug-likeness (QED) is 0.549. The van der Waals surface area contributed by atoms with E-state index in [0.717, 1.165) is 0 Å². The van der Waals surface area contributed by atoms with Gasteiger partial charge in [-0.15, -0.1) is 0 Å². The average molecular weight is 143 g/mol. The van der Waals surface area contributed by atoms with Crippen molar-refractivity contribution >= 4 is 5.91 Å². The van der Waals surface area contributed by atoms with Crippen molar-refractivity contribution in [3.63, 3.8) is 0 Å². The molecule has 2 N–H and O–H groups in total. The largest absolute Gasteiger partial charge is 0.391 e. The zero-order valence-electron chi connectivity index (χ0n) is 6.35. The van der Waals surface area contributed by atoms with Gasteiger partial charge in [0.25, 0.3) is 0 Å². The molecule has 0 aromatic rings. The number of hydrogen-bond donors (Lipinski definition) is 2. The van der Waals surface area contributed by atoms with Crippen LogP contribution in [0.4, 0.5) is 0 Å². The fourth-order valence-electron chi connectivity index (χ4n) is 0.568. The molecule has 0 rings (SSSR count). The highest BCUT2D eigenvalue weighted by Gasteiger charge is 2.03. The topological polar surface area (TPSA) is 49.3 Å². The summed E-state index contributed by atoms with van der Waals surface area (Å²) in [6.45, 7) is 3.96. The molecule has 10 heavy (non-hydrogen) atoms. The van der Waals surface area contributed by atoms with Crippen LogP contribution in [0.1, 0.15) is 13.8 Å². The number of carbonyl (C=O) groups is 1. The second-order valence-electron chi connectivity index (χ2n) is 1.83. The van der Waals surface area contributed by atoms with Gasteiger partial charge in [-0.05, 0) is 13.8 Å². The lowest BCUT2D eigenvalue weighted by molar-refractivity contribution is -0.117. The van der Waals surface area contributed by atoms with Gasteiger partial charge in [-0.2, -0.15) is 0 Å². The molecule has 0 unspecified atom stereocenters. The highest BCUT2D eigenvalue weighted by atomic mass is 16.3. The van der Waals surface area contributed by atoms with Crippen molar-refractivity contribution in [3.8, 4) is 0 Å². The van der Waals surface area contributed by atoms with E-state index in [-0.39, 0.29) is 12.5 Å². The summed E-state index contributed by atoms with van der Waals surface area (Å²) in [5.41, 5.74) is 0.418. The minimum Gasteiger partial charge on any atom is -0.391 e. The first-order valence-corrected chi connectivity index (χ1v) is 3.30. The number of allylic oxidation sites excluding steroid dienone is 1. The van der Waals surface area contributed by atoms with E-state index in [2.05, 4.69) is 5.32 Å². The van der Waals surface area contributed by atoms with E-state index >= 15 is 0 Å². The number of amides is 1. The Labute approximate surface area is 60.7 Å². The standard InChI is InChI=1S/C7H13NO2/c1-3-6(5-9)7(10)8-4-2/h3,9H,4-5H2,1-2H3,(H,8,10). The Bertz CT molecular complexity index is 141. The summed E-state index contributed by atoms with van der Waals surface area (Å²) < 4.78 is 0. The summed E-state index contributed by atoms with van der Waals surface area (Å²) in [6.07, 6.45) is 1.60. The molecule has 0 bridgehead atoms. The summed E-state index contributed by atoms with van der Waals surface area (Å²) in [5.74, 6) is -0.187. The Balaban J connectivity index is 3.91. The van der Waals surface area contributed by atoms with Crippen LogP contribution < -0.4 is 5.32 Å². The van der Waals surface area contributed by atoms with Crippen molar-refractivity contribution in [1.29, 1.82) is 0 Å². The molecule has 0 aromatic carbocycles. The molecule has 0 aliphatic heterocycles. The van der Waals surface area contributed by atoms with Gasteiger partial charge in [-0.3, -0.25) is 4.79 Å². The van der Waals surface area contributed by atoms with E-state index in [1.807, 2.05) is 6.92 Å². The number of aliphatic hydroxyl groups is 1. The van der Waals surface area contributed by atoms with Crippen molar-refractivity contribution < 1.29 is 9.90 Å². The number of rotatable bonds is 3. The minimum absolute atomic E-state index is 0.187. The summed E-state index contributed by atoms with van der Waals surface area (Å²) in [4.78, 5) is 10.9. The lowest BCUT2D eigenvalue weighted by Gasteiger charge is -2.01. The van der Waals surface area contributed by atoms with Crippen LogP contribution in [-0.2, 0) is 4.79 Å². The third-order valence-electron chi connectivity index (χ3n) is 1.15. The molecule has 0 aliphatic carbocycles. The number of nitrogens with one attached hydrogen (secondary N) is 1. The molecule has 58 valence electrons. The van der Waals surface area contributed by atoms with Crippen LogP contribution in [0.15, 0.2) is 11.6 Å². The van der Waals surface area contributed by atoms with Gasteiger partial charge in [0.1, 0.15) is 0 Å². The van der Waals surface area contributed by atoms with Gasteiger partial charge < -0.3 is 10.4 Å². The summed E-state index contributed by atoms with van der Waals surface area (Å²) in [7, 11) is 0. The van der Waals surface area contributed by atoms with Crippen molar-refractivity contribution in [2.75, 3.05) is 13.2 Å². The molecule has 0 fully saturated rings. The molecule has 0 aromatic heterocycles. The molecular weight excluding hydrogens is 130 g/mol. The smallest absolute Gasteiger partial charge is 0.249 e. The molecule has 1 amide bonds. The molecule has 0 atom stereocenters. The molecule has 0 saturated heterocycles. The Morgan fingerprint density at radius 2 is 2.30 bits per heavy atom. The van der Waals surface area contributed by atoms with Gasteiger partial charge in [0.15, 0.2) is 0 Å². The summed E-state index contributed by atoms with van der Waals surface area (Å²) in [5, 5.41) is 11.2. The second-order valence-corrected chi connectivity index (χ2v) is 1.83. The van der Waals surface area contributed by atoms with E-state index in [4.69, 9.17) is 5.11 Å². The van der Waals surface area contributed by atoms with Crippen LogP contribution in [0.5, 0.6) is 0 Å². The molecule has 0 saturated carbocycles. The fraction of sp³-hybridized carbons (Fsp3) is 0.571. The third-order valence-corrected chi connectivity index (χ3v) is 1.15.